The van der Waals surface area contributed by atoms with Crippen LogP contribution in [0.25, 0.3) is 43.4 Å². The Kier molecular flexibility index (Phi) is 7.26. The Bertz CT molecular complexity index is 2440. The summed E-state index contributed by atoms with van der Waals surface area (Å²) in [6.07, 6.45) is 24.2. The van der Waals surface area contributed by atoms with E-state index in [-0.39, 0.29) is 0 Å². The normalized spacial score (nSPS) is 37.4. The van der Waals surface area contributed by atoms with Crippen LogP contribution in [0, 0.1) is 47.3 Å². The molecule has 12 atom stereocenters. The van der Waals surface area contributed by atoms with Crippen molar-refractivity contribution in [3.8, 4) is 11.1 Å². The van der Waals surface area contributed by atoms with Crippen molar-refractivity contribution in [2.45, 2.75) is 139 Å². The van der Waals surface area contributed by atoms with Crippen molar-refractivity contribution in [3.63, 3.8) is 0 Å². The second-order valence-corrected chi connectivity index (χ2v) is 27.4. The van der Waals surface area contributed by atoms with Crippen LogP contribution >= 0.6 is 0 Å². The Labute approximate surface area is 343 Å². The third-order valence-corrected chi connectivity index (χ3v) is 24.0. The molecule has 0 N–H and O–H groups in total. The molecule has 57 heavy (non-hydrogen) atoms. The molecule has 8 bridgehead atoms. The number of fused-ring (bicyclic) bond motifs is 14. The van der Waals surface area contributed by atoms with Crippen LogP contribution in [0.4, 0.5) is 0 Å². The van der Waals surface area contributed by atoms with Gasteiger partial charge < -0.3 is 0 Å². The summed E-state index contributed by atoms with van der Waals surface area (Å²) in [4.78, 5) is 0. The third-order valence-electron chi connectivity index (χ3n) is 20.5. The zero-order valence-corrected chi connectivity index (χ0v) is 35.8. The number of hydrogen-bond donors (Lipinski definition) is 0. The fourth-order valence-electron chi connectivity index (χ4n) is 18.3. The molecule has 0 spiro atoms. The summed E-state index contributed by atoms with van der Waals surface area (Å²) >= 11 is 0. The minimum absolute atomic E-state index is 0.735. The Morgan fingerprint density at radius 1 is 0.421 bits per heavy atom. The number of rotatable bonds is 6. The second kappa shape index (κ2) is 12.2. The fraction of sp³-hybridized carbons (Fsp3) is 0.556. The van der Waals surface area contributed by atoms with E-state index in [0.29, 0.717) is 0 Å². The molecule has 8 fully saturated rings. The first kappa shape index (κ1) is 34.0. The molecule has 8 saturated carbocycles. The SMILES string of the molecule is C[Si]1(C)c2cc(B(C3CC4CCC3C4)C3CC4CCC3C4)ccc2-c2cc3c4ccccc4c(B(C4CC5CCC4C5)C4CC5CCC4C5)cc3c3cccc1c23. The average molecular weight is 761 g/mol. The second-order valence-electron chi connectivity index (χ2n) is 23.1. The van der Waals surface area contributed by atoms with Crippen LogP contribution in [-0.2, 0) is 0 Å². The predicted octanol–water partition coefficient (Wildman–Crippen LogP) is 12.1. The van der Waals surface area contributed by atoms with Gasteiger partial charge in [-0.1, -0.05) is 191 Å². The lowest BCUT2D eigenvalue weighted by Gasteiger charge is -2.39. The van der Waals surface area contributed by atoms with E-state index >= 15 is 0 Å². The van der Waals surface area contributed by atoms with Crippen molar-refractivity contribution >= 4 is 75.1 Å². The smallest absolute Gasteiger partial charge is 0.0795 e. The Hall–Kier alpha value is -2.77. The Morgan fingerprint density at radius 3 is 1.49 bits per heavy atom. The van der Waals surface area contributed by atoms with Crippen molar-refractivity contribution in [3.05, 3.63) is 72.8 Å². The highest BCUT2D eigenvalue weighted by Crippen LogP contribution is 2.62. The van der Waals surface area contributed by atoms with Gasteiger partial charge in [0, 0.05) is 0 Å². The summed E-state index contributed by atoms with van der Waals surface area (Å²) in [7, 11) is -1.99. The van der Waals surface area contributed by atoms with Crippen molar-refractivity contribution in [2.24, 2.45) is 47.3 Å². The molecular weight excluding hydrogens is 698 g/mol. The zero-order chi connectivity index (χ0) is 37.3. The van der Waals surface area contributed by atoms with Gasteiger partial charge in [0.2, 0.25) is 0 Å². The van der Waals surface area contributed by atoms with Crippen molar-refractivity contribution in [1.82, 2.24) is 0 Å². The molecule has 0 aromatic heterocycles. The molecule has 3 heteroatoms. The van der Waals surface area contributed by atoms with Gasteiger partial charge in [-0.3, -0.25) is 0 Å². The quantitative estimate of drug-likeness (QED) is 0.119. The molecule has 5 aromatic rings. The molecular formula is C54H62B2Si. The molecule has 9 aliphatic rings. The van der Waals surface area contributed by atoms with Gasteiger partial charge in [-0.05, 0) is 133 Å². The van der Waals surface area contributed by atoms with Gasteiger partial charge in [0.25, 0.3) is 0 Å². The van der Waals surface area contributed by atoms with E-state index in [1.54, 1.807) is 48.4 Å². The van der Waals surface area contributed by atoms with Gasteiger partial charge in [0.1, 0.15) is 8.07 Å². The first-order chi connectivity index (χ1) is 27.9. The maximum atomic E-state index is 2.87. The molecule has 12 unspecified atom stereocenters. The number of hydrogen-bond acceptors (Lipinski definition) is 0. The summed E-state index contributed by atoms with van der Waals surface area (Å²) in [6, 6.07) is 31.2. The van der Waals surface area contributed by atoms with Crippen molar-refractivity contribution in [1.29, 1.82) is 0 Å². The monoisotopic (exact) mass is 760 g/mol. The topological polar surface area (TPSA) is 0 Å². The number of benzene rings is 5. The van der Waals surface area contributed by atoms with Gasteiger partial charge in [-0.2, -0.15) is 0 Å². The van der Waals surface area contributed by atoms with E-state index in [9.17, 15) is 0 Å². The molecule has 0 radical (unpaired) electrons. The summed E-state index contributed by atoms with van der Waals surface area (Å²) < 4.78 is 0. The van der Waals surface area contributed by atoms with Crippen molar-refractivity contribution in [2.75, 3.05) is 0 Å². The molecule has 288 valence electrons. The average Bonchev–Trinajstić information content (AvgIpc) is 4.10. The molecule has 14 rings (SSSR count). The molecule has 0 amide bonds. The first-order valence-corrected chi connectivity index (χ1v) is 27.5. The standard InChI is InChI=1S/C54H62B2Si/c1-57(2)52-9-5-8-43-45-30-51(56(49-26-33-12-16-37(49)22-33)50-27-34-13-17-38(50)23-34)41-7-4-3-6-40(41)44(45)29-46(54(43)52)42-19-18-39(28-53(42)57)55(47-24-31-10-14-35(47)20-31)48-25-32-11-15-36(48)21-32/h3-9,18-19,28-38,47-50H,10-17,20-27H2,1-2H3. The molecule has 1 aliphatic heterocycles. The van der Waals surface area contributed by atoms with E-state index < -0.39 is 8.07 Å². The lowest BCUT2D eigenvalue weighted by molar-refractivity contribution is 0.441. The molecule has 8 aliphatic carbocycles. The van der Waals surface area contributed by atoms with Crippen LogP contribution < -0.4 is 21.3 Å². The minimum atomic E-state index is -1.99. The van der Waals surface area contributed by atoms with E-state index in [1.165, 1.54) is 119 Å². The third kappa shape index (κ3) is 4.76. The van der Waals surface area contributed by atoms with Crippen LogP contribution in [0.2, 0.25) is 36.4 Å². The molecule has 5 aromatic carbocycles. The predicted molar refractivity (Wildman–Crippen MR) is 249 cm³/mol. The Balaban J connectivity index is 0.960. The largest absolute Gasteiger partial charge is 0.183 e. The van der Waals surface area contributed by atoms with E-state index in [2.05, 4.69) is 85.9 Å². The highest BCUT2D eigenvalue weighted by atomic mass is 28.3. The van der Waals surface area contributed by atoms with E-state index in [4.69, 9.17) is 0 Å². The minimum Gasteiger partial charge on any atom is -0.0795 e. The van der Waals surface area contributed by atoms with Gasteiger partial charge in [0.15, 0.2) is 13.4 Å². The van der Waals surface area contributed by atoms with Gasteiger partial charge in [-0.25, -0.2) is 0 Å². The van der Waals surface area contributed by atoms with E-state index in [0.717, 1.165) is 84.0 Å². The zero-order valence-electron chi connectivity index (χ0n) is 34.8. The highest BCUT2D eigenvalue weighted by molar-refractivity contribution is 7.03. The van der Waals surface area contributed by atoms with Gasteiger partial charge in [-0.15, -0.1) is 0 Å². The van der Waals surface area contributed by atoms with Crippen LogP contribution in [-0.4, -0.2) is 21.5 Å². The fourth-order valence-corrected chi connectivity index (χ4v) is 21.4. The summed E-state index contributed by atoms with van der Waals surface area (Å²) in [5.74, 6) is 11.6. The maximum Gasteiger partial charge on any atom is 0.183 e. The van der Waals surface area contributed by atoms with Crippen LogP contribution in [0.1, 0.15) is 103 Å². The molecule has 0 nitrogen and oxygen atoms in total. The summed E-state index contributed by atoms with van der Waals surface area (Å²) in [5.41, 5.74) is 6.62. The maximum absolute atomic E-state index is 2.87. The lowest BCUT2D eigenvalue weighted by Crippen LogP contribution is -2.57. The summed E-state index contributed by atoms with van der Waals surface area (Å²) in [6.45, 7) is 6.96. The van der Waals surface area contributed by atoms with Gasteiger partial charge in [0.05, 0.1) is 0 Å². The van der Waals surface area contributed by atoms with Crippen LogP contribution in [0.15, 0.2) is 72.8 Å². The summed E-state index contributed by atoms with van der Waals surface area (Å²) in [5, 5.41) is 12.8. The first-order valence-electron chi connectivity index (χ1n) is 24.5. The molecule has 1 heterocycles. The lowest BCUT2D eigenvalue weighted by atomic mass is 9.26. The van der Waals surface area contributed by atoms with E-state index in [1.807, 2.05) is 0 Å². The van der Waals surface area contributed by atoms with Crippen LogP contribution in [0.3, 0.4) is 0 Å². The highest BCUT2D eigenvalue weighted by Gasteiger charge is 2.54. The van der Waals surface area contributed by atoms with Gasteiger partial charge >= 0.3 is 0 Å². The van der Waals surface area contributed by atoms with Crippen LogP contribution in [0.5, 0.6) is 0 Å². The van der Waals surface area contributed by atoms with Crippen molar-refractivity contribution < 1.29 is 0 Å². The Morgan fingerprint density at radius 2 is 0.947 bits per heavy atom. The molecule has 0 saturated heterocycles.